The lowest BCUT2D eigenvalue weighted by molar-refractivity contribution is 0.0817. The first kappa shape index (κ1) is 17.0. The second kappa shape index (κ2) is 8.98. The molecule has 0 radical (unpaired) electrons. The summed E-state index contributed by atoms with van der Waals surface area (Å²) >= 11 is 0. The standard InChI is InChI=1S/C17H28O3/c1-4-9-20-16-7-8-17(14(6-3)11-16)13(5-2)10-15(19)12-18/h7-8,11,13,15,18-19H,4-6,9-10,12H2,1-3H3. The van der Waals surface area contributed by atoms with Crippen LogP contribution < -0.4 is 4.74 Å². The van der Waals surface area contributed by atoms with Crippen molar-refractivity contribution in [1.82, 2.24) is 0 Å². The third-order valence-electron chi connectivity index (χ3n) is 3.67. The minimum atomic E-state index is -0.638. The summed E-state index contributed by atoms with van der Waals surface area (Å²) in [5.74, 6) is 1.21. The van der Waals surface area contributed by atoms with E-state index in [1.165, 1.54) is 11.1 Å². The van der Waals surface area contributed by atoms with Gasteiger partial charge < -0.3 is 14.9 Å². The van der Waals surface area contributed by atoms with E-state index in [1.807, 2.05) is 6.07 Å². The smallest absolute Gasteiger partial charge is 0.119 e. The molecule has 1 aromatic carbocycles. The van der Waals surface area contributed by atoms with E-state index in [0.29, 0.717) is 6.42 Å². The van der Waals surface area contributed by atoms with Crippen LogP contribution in [0.4, 0.5) is 0 Å². The van der Waals surface area contributed by atoms with Gasteiger partial charge in [-0.25, -0.2) is 0 Å². The summed E-state index contributed by atoms with van der Waals surface area (Å²) in [5.41, 5.74) is 2.54. The molecule has 0 heterocycles. The summed E-state index contributed by atoms with van der Waals surface area (Å²) in [6, 6.07) is 6.24. The fourth-order valence-electron chi connectivity index (χ4n) is 2.51. The fraction of sp³-hybridized carbons (Fsp3) is 0.647. The first-order chi connectivity index (χ1) is 9.65. The Labute approximate surface area is 122 Å². The van der Waals surface area contributed by atoms with Gasteiger partial charge >= 0.3 is 0 Å². The minimum absolute atomic E-state index is 0.171. The van der Waals surface area contributed by atoms with Gasteiger partial charge in [-0.2, -0.15) is 0 Å². The largest absolute Gasteiger partial charge is 0.494 e. The van der Waals surface area contributed by atoms with Crippen LogP contribution in [0.1, 0.15) is 57.1 Å². The predicted molar refractivity (Wildman–Crippen MR) is 82.3 cm³/mol. The van der Waals surface area contributed by atoms with Crippen LogP contribution in [0.3, 0.4) is 0 Å². The number of aliphatic hydroxyl groups is 2. The van der Waals surface area contributed by atoms with Crippen LogP contribution in [0.25, 0.3) is 0 Å². The zero-order valence-corrected chi connectivity index (χ0v) is 12.9. The van der Waals surface area contributed by atoms with Crippen LogP contribution in [0.5, 0.6) is 5.75 Å². The summed E-state index contributed by atoms with van der Waals surface area (Å²) in [6.07, 6.45) is 2.88. The molecule has 0 amide bonds. The van der Waals surface area contributed by atoms with Gasteiger partial charge in [-0.05, 0) is 54.9 Å². The Bertz CT molecular complexity index is 390. The molecule has 0 aromatic heterocycles. The van der Waals surface area contributed by atoms with E-state index < -0.39 is 6.10 Å². The van der Waals surface area contributed by atoms with Crippen LogP contribution in [0.15, 0.2) is 18.2 Å². The van der Waals surface area contributed by atoms with Crippen LogP contribution in [0, 0.1) is 0 Å². The fourth-order valence-corrected chi connectivity index (χ4v) is 2.51. The van der Waals surface area contributed by atoms with Gasteiger partial charge in [0.25, 0.3) is 0 Å². The van der Waals surface area contributed by atoms with E-state index in [2.05, 4.69) is 32.9 Å². The molecule has 0 fully saturated rings. The molecule has 0 saturated carbocycles. The lowest BCUT2D eigenvalue weighted by Crippen LogP contribution is -2.17. The van der Waals surface area contributed by atoms with E-state index in [1.54, 1.807) is 0 Å². The maximum absolute atomic E-state index is 9.68. The summed E-state index contributed by atoms with van der Waals surface area (Å²) in [4.78, 5) is 0. The molecule has 3 nitrogen and oxygen atoms in total. The monoisotopic (exact) mass is 280 g/mol. The number of hydrogen-bond acceptors (Lipinski definition) is 3. The van der Waals surface area contributed by atoms with Crippen molar-refractivity contribution in [3.63, 3.8) is 0 Å². The van der Waals surface area contributed by atoms with Gasteiger partial charge in [0.1, 0.15) is 5.75 Å². The number of benzene rings is 1. The molecule has 3 heteroatoms. The van der Waals surface area contributed by atoms with Crippen LogP contribution in [-0.2, 0) is 6.42 Å². The van der Waals surface area contributed by atoms with E-state index in [4.69, 9.17) is 9.84 Å². The van der Waals surface area contributed by atoms with Gasteiger partial charge in [0.05, 0.1) is 19.3 Å². The molecule has 0 saturated heterocycles. The molecule has 20 heavy (non-hydrogen) atoms. The van der Waals surface area contributed by atoms with Crippen LogP contribution >= 0.6 is 0 Å². The van der Waals surface area contributed by atoms with Crippen molar-refractivity contribution in [2.75, 3.05) is 13.2 Å². The van der Waals surface area contributed by atoms with Crippen LogP contribution in [0.2, 0.25) is 0 Å². The lowest BCUT2D eigenvalue weighted by atomic mass is 9.87. The highest BCUT2D eigenvalue weighted by Crippen LogP contribution is 2.30. The molecule has 0 aliphatic carbocycles. The quantitative estimate of drug-likeness (QED) is 0.730. The predicted octanol–water partition coefficient (Wildman–Crippen LogP) is 3.27. The Balaban J connectivity index is 2.91. The van der Waals surface area contributed by atoms with E-state index >= 15 is 0 Å². The highest BCUT2D eigenvalue weighted by atomic mass is 16.5. The molecule has 0 aliphatic rings. The number of aliphatic hydroxyl groups excluding tert-OH is 2. The van der Waals surface area contributed by atoms with Crippen molar-refractivity contribution >= 4 is 0 Å². The molecule has 2 N–H and O–H groups in total. The van der Waals surface area contributed by atoms with E-state index in [9.17, 15) is 5.11 Å². The number of hydrogen-bond donors (Lipinski definition) is 2. The molecule has 1 aromatic rings. The molecular formula is C17H28O3. The first-order valence-corrected chi connectivity index (χ1v) is 7.70. The van der Waals surface area contributed by atoms with Crippen molar-refractivity contribution < 1.29 is 14.9 Å². The highest BCUT2D eigenvalue weighted by Gasteiger charge is 2.17. The maximum atomic E-state index is 9.68. The Hall–Kier alpha value is -1.06. The average Bonchev–Trinajstić information content (AvgIpc) is 2.50. The molecule has 0 bridgehead atoms. The van der Waals surface area contributed by atoms with Crippen molar-refractivity contribution in [3.8, 4) is 5.75 Å². The third kappa shape index (κ3) is 4.80. The topological polar surface area (TPSA) is 49.7 Å². The first-order valence-electron chi connectivity index (χ1n) is 7.70. The Morgan fingerprint density at radius 3 is 2.50 bits per heavy atom. The second-order valence-electron chi connectivity index (χ2n) is 5.24. The van der Waals surface area contributed by atoms with Crippen molar-refractivity contribution in [3.05, 3.63) is 29.3 Å². The molecule has 0 aliphatic heterocycles. The Morgan fingerprint density at radius 1 is 1.20 bits per heavy atom. The molecule has 114 valence electrons. The number of aryl methyl sites for hydroxylation is 1. The van der Waals surface area contributed by atoms with Gasteiger partial charge in [0.2, 0.25) is 0 Å². The van der Waals surface area contributed by atoms with Gasteiger partial charge in [-0.15, -0.1) is 0 Å². The zero-order valence-electron chi connectivity index (χ0n) is 12.9. The molecule has 2 unspecified atom stereocenters. The lowest BCUT2D eigenvalue weighted by Gasteiger charge is -2.21. The number of ether oxygens (including phenoxy) is 1. The maximum Gasteiger partial charge on any atom is 0.119 e. The summed E-state index contributed by atoms with van der Waals surface area (Å²) in [6.45, 7) is 6.92. The van der Waals surface area contributed by atoms with E-state index in [0.717, 1.165) is 31.6 Å². The van der Waals surface area contributed by atoms with E-state index in [-0.39, 0.29) is 12.5 Å². The normalized spacial score (nSPS) is 14.1. The van der Waals surface area contributed by atoms with Crippen molar-refractivity contribution in [2.24, 2.45) is 0 Å². The molecular weight excluding hydrogens is 252 g/mol. The molecule has 1 rings (SSSR count). The molecule has 2 atom stereocenters. The third-order valence-corrected chi connectivity index (χ3v) is 3.67. The average molecular weight is 280 g/mol. The van der Waals surface area contributed by atoms with Gasteiger partial charge in [-0.3, -0.25) is 0 Å². The van der Waals surface area contributed by atoms with Crippen LogP contribution in [-0.4, -0.2) is 29.5 Å². The summed E-state index contributed by atoms with van der Waals surface area (Å²) in [7, 11) is 0. The van der Waals surface area contributed by atoms with Gasteiger partial charge in [0, 0.05) is 0 Å². The SMILES string of the molecule is CCCOc1ccc(C(CC)CC(O)CO)c(CC)c1. The number of rotatable bonds is 9. The van der Waals surface area contributed by atoms with Gasteiger partial charge in [-0.1, -0.05) is 26.8 Å². The Morgan fingerprint density at radius 2 is 1.95 bits per heavy atom. The van der Waals surface area contributed by atoms with Crippen molar-refractivity contribution in [2.45, 2.75) is 58.5 Å². The second-order valence-corrected chi connectivity index (χ2v) is 5.24. The van der Waals surface area contributed by atoms with Gasteiger partial charge in [0.15, 0.2) is 0 Å². The minimum Gasteiger partial charge on any atom is -0.494 e. The zero-order chi connectivity index (χ0) is 15.0. The highest BCUT2D eigenvalue weighted by molar-refractivity contribution is 5.38. The Kier molecular flexibility index (Phi) is 7.63. The summed E-state index contributed by atoms with van der Waals surface area (Å²) in [5, 5.41) is 18.7. The summed E-state index contributed by atoms with van der Waals surface area (Å²) < 4.78 is 5.68. The van der Waals surface area contributed by atoms with Crippen molar-refractivity contribution in [1.29, 1.82) is 0 Å². The molecule has 0 spiro atoms.